The molecule has 1 spiro atoms. The van der Waals surface area contributed by atoms with E-state index >= 15 is 0 Å². The van der Waals surface area contributed by atoms with Crippen LogP contribution in [0.1, 0.15) is 30.1 Å². The maximum Gasteiger partial charge on any atom is 0.0608 e. The first-order valence-electron chi connectivity index (χ1n) is 5.72. The number of nitrogens with two attached hydrogens (primary N) is 1. The zero-order chi connectivity index (χ0) is 10.3. The largest absolute Gasteiger partial charge is 0.322 e. The number of pyridine rings is 1. The molecule has 1 aliphatic carbocycles. The second-order valence-electron chi connectivity index (χ2n) is 4.81. The summed E-state index contributed by atoms with van der Waals surface area (Å²) in [5.74, 6) is 0. The molecule has 0 saturated carbocycles. The highest BCUT2D eigenvalue weighted by Gasteiger charge is 2.45. The van der Waals surface area contributed by atoms with Crippen molar-refractivity contribution in [2.24, 2.45) is 11.1 Å². The summed E-state index contributed by atoms with van der Waals surface area (Å²) >= 11 is 0. The van der Waals surface area contributed by atoms with E-state index in [0.29, 0.717) is 5.41 Å². The molecule has 1 aromatic rings. The Labute approximate surface area is 114 Å². The van der Waals surface area contributed by atoms with E-state index in [1.165, 1.54) is 18.4 Å². The van der Waals surface area contributed by atoms with Gasteiger partial charge in [0.2, 0.25) is 0 Å². The average Bonchev–Trinajstić information content (AvgIpc) is 2.54. The molecule has 1 saturated heterocycles. The van der Waals surface area contributed by atoms with Crippen molar-refractivity contribution in [1.29, 1.82) is 0 Å². The minimum atomic E-state index is 0. The Hall–Kier alpha value is -0.350. The Morgan fingerprint density at radius 3 is 2.65 bits per heavy atom. The van der Waals surface area contributed by atoms with Gasteiger partial charge < -0.3 is 11.1 Å². The molecule has 3 nitrogen and oxygen atoms in total. The van der Waals surface area contributed by atoms with E-state index in [1.807, 2.05) is 12.3 Å². The summed E-state index contributed by atoms with van der Waals surface area (Å²) in [5, 5.41) is 3.41. The number of piperidine rings is 1. The van der Waals surface area contributed by atoms with Gasteiger partial charge in [0.05, 0.1) is 11.7 Å². The van der Waals surface area contributed by atoms with Crippen LogP contribution >= 0.6 is 24.8 Å². The van der Waals surface area contributed by atoms with Gasteiger partial charge in [-0.3, -0.25) is 4.98 Å². The lowest BCUT2D eigenvalue weighted by molar-refractivity contribution is 0.172. The van der Waals surface area contributed by atoms with E-state index in [2.05, 4.69) is 16.4 Å². The molecular formula is C12H19Cl2N3. The summed E-state index contributed by atoms with van der Waals surface area (Å²) in [6.07, 6.45) is 5.35. The summed E-state index contributed by atoms with van der Waals surface area (Å²) in [6, 6.07) is 4.35. The summed E-state index contributed by atoms with van der Waals surface area (Å²) < 4.78 is 0. The van der Waals surface area contributed by atoms with E-state index in [-0.39, 0.29) is 30.9 Å². The fourth-order valence-electron chi connectivity index (χ4n) is 3.07. The Kier molecular flexibility index (Phi) is 4.78. The third-order valence-corrected chi connectivity index (χ3v) is 4.02. The minimum Gasteiger partial charge on any atom is -0.322 e. The molecule has 17 heavy (non-hydrogen) atoms. The van der Waals surface area contributed by atoms with Gasteiger partial charge in [0, 0.05) is 6.20 Å². The molecule has 3 rings (SSSR count). The molecule has 2 heterocycles. The average molecular weight is 276 g/mol. The molecular weight excluding hydrogens is 257 g/mol. The van der Waals surface area contributed by atoms with Crippen molar-refractivity contribution >= 4 is 24.8 Å². The number of rotatable bonds is 0. The van der Waals surface area contributed by atoms with Crippen LogP contribution in [0.4, 0.5) is 0 Å². The fourth-order valence-corrected chi connectivity index (χ4v) is 3.07. The standard InChI is InChI=1S/C12H17N3.2ClH/c13-11-10-9(2-1-5-15-10)8-12(11)3-6-14-7-4-12;;/h1-2,5,11,14H,3-4,6-8,13H2;2*1H. The Bertz CT molecular complexity index is 378. The Balaban J connectivity index is 0.000000722. The number of hydrogen-bond donors (Lipinski definition) is 2. The van der Waals surface area contributed by atoms with Crippen LogP contribution in [0, 0.1) is 5.41 Å². The second kappa shape index (κ2) is 5.53. The van der Waals surface area contributed by atoms with Crippen LogP contribution in [-0.2, 0) is 6.42 Å². The number of nitrogens with one attached hydrogen (secondary N) is 1. The smallest absolute Gasteiger partial charge is 0.0608 e. The van der Waals surface area contributed by atoms with Gasteiger partial charge in [0.1, 0.15) is 0 Å². The van der Waals surface area contributed by atoms with E-state index in [4.69, 9.17) is 5.73 Å². The molecule has 0 bridgehead atoms. The molecule has 0 aromatic carbocycles. The van der Waals surface area contributed by atoms with Gasteiger partial charge in [-0.05, 0) is 49.4 Å². The highest BCUT2D eigenvalue weighted by Crippen LogP contribution is 2.48. The van der Waals surface area contributed by atoms with Crippen molar-refractivity contribution in [1.82, 2.24) is 10.3 Å². The van der Waals surface area contributed by atoms with Gasteiger partial charge in [0.15, 0.2) is 0 Å². The van der Waals surface area contributed by atoms with Crippen LogP contribution in [-0.4, -0.2) is 18.1 Å². The molecule has 1 fully saturated rings. The highest BCUT2D eigenvalue weighted by molar-refractivity contribution is 5.85. The summed E-state index contributed by atoms with van der Waals surface area (Å²) in [4.78, 5) is 4.44. The molecule has 2 aliphatic rings. The van der Waals surface area contributed by atoms with Crippen LogP contribution in [0.3, 0.4) is 0 Å². The van der Waals surface area contributed by atoms with E-state index in [1.54, 1.807) is 0 Å². The number of nitrogens with zero attached hydrogens (tertiary/aromatic N) is 1. The van der Waals surface area contributed by atoms with Crippen LogP contribution in [0.2, 0.25) is 0 Å². The number of fused-ring (bicyclic) bond motifs is 1. The lowest BCUT2D eigenvalue weighted by atomic mass is 9.74. The normalized spacial score (nSPS) is 24.6. The van der Waals surface area contributed by atoms with Crippen LogP contribution in [0.15, 0.2) is 18.3 Å². The van der Waals surface area contributed by atoms with Crippen molar-refractivity contribution in [3.8, 4) is 0 Å². The molecule has 1 aromatic heterocycles. The van der Waals surface area contributed by atoms with Crippen molar-refractivity contribution in [2.45, 2.75) is 25.3 Å². The fraction of sp³-hybridized carbons (Fsp3) is 0.583. The van der Waals surface area contributed by atoms with Crippen molar-refractivity contribution in [2.75, 3.05) is 13.1 Å². The predicted molar refractivity (Wildman–Crippen MR) is 73.9 cm³/mol. The number of hydrogen-bond acceptors (Lipinski definition) is 3. The van der Waals surface area contributed by atoms with Crippen molar-refractivity contribution in [3.05, 3.63) is 29.6 Å². The number of halogens is 2. The highest BCUT2D eigenvalue weighted by atomic mass is 35.5. The molecule has 0 amide bonds. The Morgan fingerprint density at radius 2 is 2.00 bits per heavy atom. The third-order valence-electron chi connectivity index (χ3n) is 4.02. The SMILES string of the molecule is Cl.Cl.NC1c2ncccc2CC12CCNCC2. The first-order chi connectivity index (χ1) is 7.32. The zero-order valence-corrected chi connectivity index (χ0v) is 11.3. The third kappa shape index (κ3) is 2.29. The minimum absolute atomic E-state index is 0. The zero-order valence-electron chi connectivity index (χ0n) is 9.69. The second-order valence-corrected chi connectivity index (χ2v) is 4.81. The molecule has 3 N–H and O–H groups in total. The predicted octanol–water partition coefficient (Wildman–Crippen LogP) is 1.85. The first kappa shape index (κ1) is 14.7. The molecule has 1 aliphatic heterocycles. The lowest BCUT2D eigenvalue weighted by Gasteiger charge is -2.37. The maximum atomic E-state index is 6.37. The first-order valence-corrected chi connectivity index (χ1v) is 5.72. The molecule has 1 unspecified atom stereocenters. The van der Waals surface area contributed by atoms with E-state index < -0.39 is 0 Å². The quantitative estimate of drug-likeness (QED) is 0.760. The van der Waals surface area contributed by atoms with E-state index in [0.717, 1.165) is 25.2 Å². The van der Waals surface area contributed by atoms with Crippen LogP contribution in [0.5, 0.6) is 0 Å². The van der Waals surface area contributed by atoms with Gasteiger partial charge >= 0.3 is 0 Å². The van der Waals surface area contributed by atoms with Crippen LogP contribution < -0.4 is 11.1 Å². The van der Waals surface area contributed by atoms with Crippen LogP contribution in [0.25, 0.3) is 0 Å². The van der Waals surface area contributed by atoms with Gasteiger partial charge in [-0.25, -0.2) is 0 Å². The van der Waals surface area contributed by atoms with Gasteiger partial charge in [-0.1, -0.05) is 6.07 Å². The summed E-state index contributed by atoms with van der Waals surface area (Å²) in [6.45, 7) is 2.20. The monoisotopic (exact) mass is 275 g/mol. The summed E-state index contributed by atoms with van der Waals surface area (Å²) in [5.41, 5.74) is 9.17. The molecule has 1 atom stereocenters. The number of aromatic nitrogens is 1. The van der Waals surface area contributed by atoms with Crippen molar-refractivity contribution in [3.63, 3.8) is 0 Å². The molecule has 0 radical (unpaired) electrons. The molecule has 5 heteroatoms. The van der Waals surface area contributed by atoms with Gasteiger partial charge in [-0.15, -0.1) is 24.8 Å². The summed E-state index contributed by atoms with van der Waals surface area (Å²) in [7, 11) is 0. The topological polar surface area (TPSA) is 50.9 Å². The molecule has 96 valence electrons. The van der Waals surface area contributed by atoms with Gasteiger partial charge in [0.25, 0.3) is 0 Å². The maximum absolute atomic E-state index is 6.37. The van der Waals surface area contributed by atoms with Gasteiger partial charge in [-0.2, -0.15) is 0 Å². The van der Waals surface area contributed by atoms with E-state index in [9.17, 15) is 0 Å². The van der Waals surface area contributed by atoms with Crippen molar-refractivity contribution < 1.29 is 0 Å². The lowest BCUT2D eigenvalue weighted by Crippen LogP contribution is -2.42. The Morgan fingerprint density at radius 1 is 1.29 bits per heavy atom.